The van der Waals surface area contributed by atoms with Gasteiger partial charge in [-0.25, -0.2) is 9.78 Å². The number of nitrogens with zero attached hydrogens (tertiary/aromatic N) is 3. The van der Waals surface area contributed by atoms with E-state index in [-0.39, 0.29) is 27.5 Å². The Morgan fingerprint density at radius 2 is 2.24 bits per heavy atom. The van der Waals surface area contributed by atoms with Crippen molar-refractivity contribution in [2.24, 2.45) is 5.16 Å². The number of oxime groups is 1. The number of hydrogen-bond acceptors (Lipinski definition) is 9. The first-order valence-electron chi connectivity index (χ1n) is 8.99. The number of thioether (sulfide) groups is 1. The summed E-state index contributed by atoms with van der Waals surface area (Å²) < 4.78 is 0. The van der Waals surface area contributed by atoms with Crippen molar-refractivity contribution >= 4 is 51.7 Å². The normalized spacial score (nSPS) is 23.7. The van der Waals surface area contributed by atoms with Crippen molar-refractivity contribution < 1.29 is 24.3 Å². The van der Waals surface area contributed by atoms with E-state index >= 15 is 0 Å². The lowest BCUT2D eigenvalue weighted by Gasteiger charge is -2.49. The highest BCUT2D eigenvalue weighted by Crippen LogP contribution is 2.40. The Labute approximate surface area is 175 Å². The molecule has 2 amide bonds. The molecule has 156 valence electrons. The van der Waals surface area contributed by atoms with Crippen LogP contribution in [0.1, 0.15) is 32.4 Å². The summed E-state index contributed by atoms with van der Waals surface area (Å²) in [6, 6.07) is -0.866. The zero-order chi connectivity index (χ0) is 21.1. The molecule has 1 fully saturated rings. The standard InChI is InChI=1S/C17H21N5O5S2/c1-3-4-5-27-21-11(9-7-28-17(18)19-9)13(23)20-12-14(24)22-10(16(25)26)6-8(2)29-15(12)22/h6-8,12,15H,3-5H2,1-2H3,(H2,18,19)(H,20,23)(H,25,26)/b21-11+/t8?,12?,15-/m1/s1. The van der Waals surface area contributed by atoms with Crippen LogP contribution in [0.5, 0.6) is 0 Å². The summed E-state index contributed by atoms with van der Waals surface area (Å²) in [5.74, 6) is -2.30. The molecule has 0 saturated carbocycles. The van der Waals surface area contributed by atoms with Crippen LogP contribution in [-0.2, 0) is 19.2 Å². The number of carboxylic acids is 1. The van der Waals surface area contributed by atoms with Crippen LogP contribution in [0.2, 0.25) is 0 Å². The van der Waals surface area contributed by atoms with Crippen LogP contribution in [0.4, 0.5) is 5.13 Å². The van der Waals surface area contributed by atoms with Crippen molar-refractivity contribution in [1.29, 1.82) is 0 Å². The second-order valence-corrected chi connectivity index (χ2v) is 8.83. The lowest BCUT2D eigenvalue weighted by molar-refractivity contribution is -0.150. The SMILES string of the molecule is CCCCO/N=C(/C(=O)NC1C(=O)N2C(C(=O)O)=CC(C)S[C@H]12)c1csc(N)n1. The van der Waals surface area contributed by atoms with Crippen molar-refractivity contribution in [1.82, 2.24) is 15.2 Å². The quantitative estimate of drug-likeness (QED) is 0.235. The number of carbonyl (C=O) groups is 3. The van der Waals surface area contributed by atoms with E-state index in [1.54, 1.807) is 5.38 Å². The lowest BCUT2D eigenvalue weighted by atomic mass is 10.0. The molecule has 0 aliphatic carbocycles. The van der Waals surface area contributed by atoms with Gasteiger partial charge in [0.2, 0.25) is 0 Å². The number of nitrogens with one attached hydrogen (secondary N) is 1. The highest BCUT2D eigenvalue weighted by molar-refractivity contribution is 8.00. The molecule has 2 unspecified atom stereocenters. The Morgan fingerprint density at radius 1 is 1.48 bits per heavy atom. The molecule has 2 aliphatic heterocycles. The van der Waals surface area contributed by atoms with E-state index in [0.717, 1.165) is 24.2 Å². The third kappa shape index (κ3) is 4.37. The molecule has 3 atom stereocenters. The van der Waals surface area contributed by atoms with Crippen molar-refractivity contribution in [2.45, 2.75) is 43.4 Å². The van der Waals surface area contributed by atoms with Gasteiger partial charge in [0.05, 0.1) is 0 Å². The molecule has 3 heterocycles. The summed E-state index contributed by atoms with van der Waals surface area (Å²) >= 11 is 2.55. The third-order valence-corrected chi connectivity index (χ3v) is 6.28. The van der Waals surface area contributed by atoms with Crippen LogP contribution in [0.3, 0.4) is 0 Å². The number of nitrogen functional groups attached to an aromatic ring is 1. The first kappa shape index (κ1) is 21.1. The van der Waals surface area contributed by atoms with Gasteiger partial charge in [-0.05, 0) is 19.4 Å². The largest absolute Gasteiger partial charge is 0.477 e. The van der Waals surface area contributed by atoms with Gasteiger partial charge in [0.25, 0.3) is 11.8 Å². The molecule has 10 nitrogen and oxygen atoms in total. The number of amides is 2. The Balaban J connectivity index is 1.75. The predicted molar refractivity (Wildman–Crippen MR) is 109 cm³/mol. The number of aromatic nitrogens is 1. The van der Waals surface area contributed by atoms with E-state index in [1.165, 1.54) is 22.7 Å². The van der Waals surface area contributed by atoms with Gasteiger partial charge in [-0.1, -0.05) is 18.5 Å². The molecule has 0 spiro atoms. The van der Waals surface area contributed by atoms with Crippen LogP contribution in [0.15, 0.2) is 22.3 Å². The van der Waals surface area contributed by atoms with Gasteiger partial charge in [-0.2, -0.15) is 0 Å². The maximum absolute atomic E-state index is 12.8. The molecule has 29 heavy (non-hydrogen) atoms. The molecule has 3 rings (SSSR count). The number of rotatable bonds is 8. The van der Waals surface area contributed by atoms with Crippen LogP contribution < -0.4 is 11.1 Å². The van der Waals surface area contributed by atoms with E-state index < -0.39 is 29.2 Å². The average Bonchev–Trinajstić information content (AvgIpc) is 3.11. The van der Waals surface area contributed by atoms with E-state index in [4.69, 9.17) is 10.6 Å². The molecule has 2 aliphatic rings. The zero-order valence-corrected chi connectivity index (χ0v) is 17.5. The number of anilines is 1. The van der Waals surface area contributed by atoms with Crippen LogP contribution in [-0.4, -0.2) is 61.8 Å². The zero-order valence-electron chi connectivity index (χ0n) is 15.8. The van der Waals surface area contributed by atoms with Crippen molar-refractivity contribution in [3.63, 3.8) is 0 Å². The van der Waals surface area contributed by atoms with Crippen molar-refractivity contribution in [3.05, 3.63) is 22.8 Å². The fraction of sp³-hybridized carbons (Fsp3) is 0.471. The molecule has 4 N–H and O–H groups in total. The molecule has 1 saturated heterocycles. The number of carbonyl (C=O) groups excluding carboxylic acids is 2. The number of aliphatic carboxylic acids is 1. The van der Waals surface area contributed by atoms with Gasteiger partial charge in [0.15, 0.2) is 10.8 Å². The summed E-state index contributed by atoms with van der Waals surface area (Å²) in [6.07, 6.45) is 3.20. The second-order valence-electron chi connectivity index (χ2n) is 6.45. The third-order valence-electron chi connectivity index (χ3n) is 4.28. The Kier molecular flexibility index (Phi) is 6.42. The van der Waals surface area contributed by atoms with E-state index in [9.17, 15) is 19.5 Å². The maximum Gasteiger partial charge on any atom is 0.352 e. The van der Waals surface area contributed by atoms with E-state index in [0.29, 0.717) is 6.61 Å². The fourth-order valence-electron chi connectivity index (χ4n) is 2.86. The highest BCUT2D eigenvalue weighted by atomic mass is 32.2. The molecule has 12 heteroatoms. The second kappa shape index (κ2) is 8.82. The van der Waals surface area contributed by atoms with Crippen molar-refractivity contribution in [3.8, 4) is 0 Å². The highest BCUT2D eigenvalue weighted by Gasteiger charge is 2.54. The molecule has 1 aromatic rings. The molecule has 0 aromatic carbocycles. The first-order chi connectivity index (χ1) is 13.8. The number of hydrogen-bond donors (Lipinski definition) is 3. The summed E-state index contributed by atoms with van der Waals surface area (Å²) in [7, 11) is 0. The number of nitrogens with two attached hydrogens (primary N) is 1. The Bertz CT molecular complexity index is 883. The summed E-state index contributed by atoms with van der Waals surface area (Å²) in [5.41, 5.74) is 5.76. The summed E-state index contributed by atoms with van der Waals surface area (Å²) in [4.78, 5) is 47.2. The minimum atomic E-state index is -1.18. The van der Waals surface area contributed by atoms with Gasteiger partial charge in [-0.15, -0.1) is 23.1 Å². The minimum Gasteiger partial charge on any atom is -0.477 e. The van der Waals surface area contributed by atoms with Crippen molar-refractivity contribution in [2.75, 3.05) is 12.3 Å². The minimum absolute atomic E-state index is 0.0687. The van der Waals surface area contributed by atoms with Crippen LogP contribution in [0, 0.1) is 0 Å². The summed E-state index contributed by atoms with van der Waals surface area (Å²) in [6.45, 7) is 4.17. The summed E-state index contributed by atoms with van der Waals surface area (Å²) in [5, 5.41) is 17.1. The topological polar surface area (TPSA) is 147 Å². The number of fused-ring (bicyclic) bond motifs is 1. The van der Waals surface area contributed by atoms with E-state index in [1.807, 2.05) is 13.8 Å². The van der Waals surface area contributed by atoms with Gasteiger partial charge >= 0.3 is 5.97 Å². The van der Waals surface area contributed by atoms with Gasteiger partial charge in [0.1, 0.15) is 29.4 Å². The van der Waals surface area contributed by atoms with Crippen LogP contribution >= 0.6 is 23.1 Å². The lowest BCUT2D eigenvalue weighted by Crippen LogP contribution is -2.71. The van der Waals surface area contributed by atoms with Gasteiger partial charge < -0.3 is 21.0 Å². The monoisotopic (exact) mass is 439 g/mol. The molecular weight excluding hydrogens is 418 g/mol. The van der Waals surface area contributed by atoms with Crippen LogP contribution in [0.25, 0.3) is 0 Å². The fourth-order valence-corrected chi connectivity index (χ4v) is 4.73. The number of unbranched alkanes of at least 4 members (excludes halogenated alkanes) is 1. The number of thiazole rings is 1. The molecular formula is C17H21N5O5S2. The smallest absolute Gasteiger partial charge is 0.352 e. The Morgan fingerprint density at radius 3 is 2.86 bits per heavy atom. The molecule has 1 aromatic heterocycles. The van der Waals surface area contributed by atoms with Gasteiger partial charge in [-0.3, -0.25) is 14.5 Å². The van der Waals surface area contributed by atoms with Gasteiger partial charge in [0, 0.05) is 10.6 Å². The average molecular weight is 440 g/mol. The Hall–Kier alpha value is -2.60. The number of β-lactam (4-membered cyclic amide) rings is 1. The first-order valence-corrected chi connectivity index (χ1v) is 10.8. The van der Waals surface area contributed by atoms with E-state index in [2.05, 4.69) is 15.5 Å². The number of carboxylic acid groups (broad SMARTS) is 1. The maximum atomic E-state index is 12.8. The molecule has 0 bridgehead atoms. The predicted octanol–water partition coefficient (Wildman–Crippen LogP) is 1.00. The molecule has 0 radical (unpaired) electrons.